The summed E-state index contributed by atoms with van der Waals surface area (Å²) in [7, 11) is 0. The van der Waals surface area contributed by atoms with Crippen molar-refractivity contribution in [3.8, 4) is 5.75 Å². The van der Waals surface area contributed by atoms with Crippen LogP contribution in [0.15, 0.2) is 53.2 Å². The van der Waals surface area contributed by atoms with Gasteiger partial charge in [0.15, 0.2) is 5.78 Å². The Bertz CT molecular complexity index is 885. The first-order valence-electron chi connectivity index (χ1n) is 8.80. The molecule has 134 valence electrons. The van der Waals surface area contributed by atoms with Crippen molar-refractivity contribution in [2.45, 2.75) is 19.4 Å². The highest BCUT2D eigenvalue weighted by Gasteiger charge is 2.30. The average Bonchev–Trinajstić information content (AvgIpc) is 3.33. The molecule has 1 atom stereocenters. The molecular weight excluding hydrogens is 362 g/mol. The molecule has 0 N–H and O–H groups in total. The van der Waals surface area contributed by atoms with E-state index >= 15 is 0 Å². The number of rotatable bonds is 6. The van der Waals surface area contributed by atoms with E-state index in [4.69, 9.17) is 4.74 Å². The lowest BCUT2D eigenvalue weighted by molar-refractivity contribution is 0.101. The van der Waals surface area contributed by atoms with Crippen LogP contribution in [0.3, 0.4) is 0 Å². The minimum absolute atomic E-state index is 0.0398. The van der Waals surface area contributed by atoms with Gasteiger partial charge in [-0.3, -0.25) is 9.69 Å². The SMILES string of the molecule is CC(=O)c1ccccc1OCCN1CCc2sccc2C1c1cccs1. The Morgan fingerprint density at radius 3 is 2.85 bits per heavy atom. The fourth-order valence-corrected chi connectivity index (χ4v) is 5.33. The number of ketones is 1. The molecule has 0 spiro atoms. The molecule has 3 heterocycles. The summed E-state index contributed by atoms with van der Waals surface area (Å²) in [5.74, 6) is 0.721. The minimum atomic E-state index is 0.0398. The summed E-state index contributed by atoms with van der Waals surface area (Å²) in [5, 5.41) is 4.35. The van der Waals surface area contributed by atoms with Crippen molar-refractivity contribution in [1.29, 1.82) is 0 Å². The van der Waals surface area contributed by atoms with Crippen LogP contribution in [0.25, 0.3) is 0 Å². The van der Waals surface area contributed by atoms with Gasteiger partial charge in [-0.25, -0.2) is 0 Å². The average molecular weight is 384 g/mol. The van der Waals surface area contributed by atoms with Crippen LogP contribution in [0.2, 0.25) is 0 Å². The van der Waals surface area contributed by atoms with Crippen molar-refractivity contribution < 1.29 is 9.53 Å². The molecule has 0 saturated heterocycles. The fraction of sp³-hybridized carbons (Fsp3) is 0.286. The number of para-hydroxylation sites is 1. The van der Waals surface area contributed by atoms with Crippen LogP contribution in [-0.2, 0) is 6.42 Å². The predicted molar refractivity (Wildman–Crippen MR) is 108 cm³/mol. The summed E-state index contributed by atoms with van der Waals surface area (Å²) in [6.45, 7) is 4.03. The van der Waals surface area contributed by atoms with Crippen LogP contribution < -0.4 is 4.74 Å². The molecule has 0 radical (unpaired) electrons. The third-order valence-corrected chi connectivity index (χ3v) is 6.70. The van der Waals surface area contributed by atoms with Crippen molar-refractivity contribution in [2.24, 2.45) is 0 Å². The summed E-state index contributed by atoms with van der Waals surface area (Å²) in [4.78, 5) is 17.1. The zero-order valence-corrected chi connectivity index (χ0v) is 16.3. The third kappa shape index (κ3) is 3.47. The molecule has 4 rings (SSSR count). The maximum Gasteiger partial charge on any atom is 0.163 e. The van der Waals surface area contributed by atoms with Gasteiger partial charge in [-0.2, -0.15) is 0 Å². The van der Waals surface area contributed by atoms with Gasteiger partial charge in [-0.05, 0) is 53.9 Å². The second-order valence-corrected chi connectivity index (χ2v) is 8.38. The highest BCUT2D eigenvalue weighted by Crippen LogP contribution is 2.39. The van der Waals surface area contributed by atoms with Gasteiger partial charge in [0.25, 0.3) is 0 Å². The van der Waals surface area contributed by atoms with E-state index in [0.29, 0.717) is 24.0 Å². The van der Waals surface area contributed by atoms with Gasteiger partial charge in [0.1, 0.15) is 12.4 Å². The Morgan fingerprint density at radius 1 is 1.15 bits per heavy atom. The highest BCUT2D eigenvalue weighted by molar-refractivity contribution is 7.10. The highest BCUT2D eigenvalue weighted by atomic mass is 32.1. The summed E-state index contributed by atoms with van der Waals surface area (Å²) in [6, 6.07) is 14.4. The van der Waals surface area contributed by atoms with Crippen molar-refractivity contribution >= 4 is 28.5 Å². The molecule has 26 heavy (non-hydrogen) atoms. The van der Waals surface area contributed by atoms with Gasteiger partial charge in [0.05, 0.1) is 11.6 Å². The number of benzene rings is 1. The number of hydrogen-bond donors (Lipinski definition) is 0. The molecule has 1 aliphatic heterocycles. The van der Waals surface area contributed by atoms with E-state index in [1.807, 2.05) is 46.9 Å². The maximum atomic E-state index is 11.8. The number of Topliss-reactive ketones (excluding diaryl/α,β-unsaturated/α-hetero) is 1. The smallest absolute Gasteiger partial charge is 0.163 e. The van der Waals surface area contributed by atoms with Crippen LogP contribution in [0.4, 0.5) is 0 Å². The zero-order chi connectivity index (χ0) is 17.9. The zero-order valence-electron chi connectivity index (χ0n) is 14.7. The Hall–Kier alpha value is -1.95. The first kappa shape index (κ1) is 17.5. The lowest BCUT2D eigenvalue weighted by Gasteiger charge is -2.35. The van der Waals surface area contributed by atoms with Crippen LogP contribution in [0.1, 0.15) is 38.6 Å². The molecule has 0 fully saturated rings. The lowest BCUT2D eigenvalue weighted by Crippen LogP contribution is -2.37. The van der Waals surface area contributed by atoms with E-state index in [1.165, 1.54) is 15.3 Å². The minimum Gasteiger partial charge on any atom is -0.491 e. The number of thiophene rings is 2. The summed E-state index contributed by atoms with van der Waals surface area (Å²) >= 11 is 3.68. The molecule has 2 aromatic heterocycles. The van der Waals surface area contributed by atoms with E-state index in [2.05, 4.69) is 33.9 Å². The molecule has 0 aliphatic carbocycles. The molecule has 1 aliphatic rings. The van der Waals surface area contributed by atoms with Crippen LogP contribution in [-0.4, -0.2) is 30.4 Å². The van der Waals surface area contributed by atoms with E-state index in [9.17, 15) is 4.79 Å². The van der Waals surface area contributed by atoms with Gasteiger partial charge in [-0.15, -0.1) is 22.7 Å². The number of hydrogen-bond acceptors (Lipinski definition) is 5. The standard InChI is InChI=1S/C21H21NO2S2/c1-15(23)16-5-2-3-6-18(16)24-12-11-22-10-8-19-17(9-14-26-19)21(22)20-7-4-13-25-20/h2-7,9,13-14,21H,8,10-12H2,1H3. The van der Waals surface area contributed by atoms with E-state index in [0.717, 1.165) is 19.5 Å². The van der Waals surface area contributed by atoms with Crippen molar-refractivity contribution in [1.82, 2.24) is 4.90 Å². The van der Waals surface area contributed by atoms with Gasteiger partial charge in [0, 0.05) is 22.8 Å². The molecule has 0 saturated carbocycles. The largest absolute Gasteiger partial charge is 0.491 e. The normalized spacial score (nSPS) is 17.0. The van der Waals surface area contributed by atoms with Crippen LogP contribution >= 0.6 is 22.7 Å². The molecule has 1 aromatic carbocycles. The lowest BCUT2D eigenvalue weighted by atomic mass is 9.98. The van der Waals surface area contributed by atoms with Crippen molar-refractivity contribution in [3.05, 3.63) is 74.1 Å². The van der Waals surface area contributed by atoms with Gasteiger partial charge in [0.2, 0.25) is 0 Å². The van der Waals surface area contributed by atoms with Crippen molar-refractivity contribution in [2.75, 3.05) is 19.7 Å². The second kappa shape index (κ2) is 7.74. The Morgan fingerprint density at radius 2 is 2.04 bits per heavy atom. The molecule has 3 nitrogen and oxygen atoms in total. The predicted octanol–water partition coefficient (Wildman–Crippen LogP) is 5.04. The Labute approximate surface area is 161 Å². The third-order valence-electron chi connectivity index (χ3n) is 4.78. The number of ether oxygens (including phenoxy) is 1. The molecular formula is C21H21NO2S2. The summed E-state index contributed by atoms with van der Waals surface area (Å²) < 4.78 is 5.98. The molecule has 1 unspecified atom stereocenters. The van der Waals surface area contributed by atoms with Crippen molar-refractivity contribution in [3.63, 3.8) is 0 Å². The van der Waals surface area contributed by atoms with Crippen LogP contribution in [0, 0.1) is 0 Å². The van der Waals surface area contributed by atoms with E-state index in [1.54, 1.807) is 6.92 Å². The van der Waals surface area contributed by atoms with Crippen LogP contribution in [0.5, 0.6) is 5.75 Å². The van der Waals surface area contributed by atoms with E-state index in [-0.39, 0.29) is 5.78 Å². The summed E-state index contributed by atoms with van der Waals surface area (Å²) in [6.07, 6.45) is 1.10. The molecule has 3 aromatic rings. The number of carbonyl (C=O) groups is 1. The maximum absolute atomic E-state index is 11.8. The monoisotopic (exact) mass is 383 g/mol. The summed E-state index contributed by atoms with van der Waals surface area (Å²) in [5.41, 5.74) is 2.09. The first-order valence-corrected chi connectivity index (χ1v) is 10.6. The molecule has 5 heteroatoms. The Balaban J connectivity index is 1.49. The topological polar surface area (TPSA) is 29.5 Å². The molecule has 0 amide bonds. The number of fused-ring (bicyclic) bond motifs is 1. The first-order chi connectivity index (χ1) is 12.7. The quantitative estimate of drug-likeness (QED) is 0.559. The Kier molecular flexibility index (Phi) is 5.20. The fourth-order valence-electron chi connectivity index (χ4n) is 3.55. The van der Waals surface area contributed by atoms with Gasteiger partial charge >= 0.3 is 0 Å². The van der Waals surface area contributed by atoms with Gasteiger partial charge < -0.3 is 4.74 Å². The number of carbonyl (C=O) groups excluding carboxylic acids is 1. The second-order valence-electron chi connectivity index (χ2n) is 6.40. The van der Waals surface area contributed by atoms with E-state index < -0.39 is 0 Å². The number of nitrogens with zero attached hydrogens (tertiary/aromatic N) is 1. The van der Waals surface area contributed by atoms with Gasteiger partial charge in [-0.1, -0.05) is 18.2 Å². The molecule has 0 bridgehead atoms.